The predicted molar refractivity (Wildman–Crippen MR) is 98.0 cm³/mol. The third kappa shape index (κ3) is 4.76. The molecule has 5 nitrogen and oxygen atoms in total. The minimum atomic E-state index is -0.179. The Labute approximate surface area is 148 Å². The number of hydrogen-bond acceptors (Lipinski definition) is 4. The second kappa shape index (κ2) is 8.78. The Bertz CT molecular complexity index is 768. The summed E-state index contributed by atoms with van der Waals surface area (Å²) in [6.07, 6.45) is 1.56. The molecule has 2 aromatic carbocycles. The number of carbonyl (C=O) groups excluding carboxylic acids is 1. The van der Waals surface area contributed by atoms with Crippen LogP contribution in [0.1, 0.15) is 18.1 Å². The highest BCUT2D eigenvalue weighted by Gasteiger charge is 2.09. The number of benzene rings is 2. The summed E-state index contributed by atoms with van der Waals surface area (Å²) in [6, 6.07) is 13.1. The summed E-state index contributed by atoms with van der Waals surface area (Å²) < 4.78 is 15.9. The maximum atomic E-state index is 12.2. The molecule has 0 fully saturated rings. The van der Waals surface area contributed by atoms with E-state index in [0.29, 0.717) is 18.0 Å². The Morgan fingerprint density at radius 1 is 1.00 bits per heavy atom. The fraction of sp³-hybridized carbons (Fsp3) is 0.250. The van der Waals surface area contributed by atoms with Crippen molar-refractivity contribution < 1.29 is 19.0 Å². The van der Waals surface area contributed by atoms with E-state index in [-0.39, 0.29) is 5.91 Å². The molecule has 0 saturated carbocycles. The summed E-state index contributed by atoms with van der Waals surface area (Å²) in [7, 11) is 4.80. The van der Waals surface area contributed by atoms with Crippen LogP contribution in [0.4, 0.5) is 0 Å². The Kier molecular flexibility index (Phi) is 6.46. The number of carbonyl (C=O) groups is 1. The molecule has 2 aromatic rings. The van der Waals surface area contributed by atoms with Gasteiger partial charge in [0.05, 0.1) is 21.3 Å². The molecule has 1 amide bonds. The molecule has 2 rings (SSSR count). The van der Waals surface area contributed by atoms with Gasteiger partial charge in [-0.3, -0.25) is 4.79 Å². The number of ether oxygens (including phenoxy) is 3. The Balaban J connectivity index is 2.10. The molecular formula is C20H23NO4. The minimum Gasteiger partial charge on any atom is -0.497 e. The number of methoxy groups -OCH3 is 3. The van der Waals surface area contributed by atoms with Crippen LogP contribution in [0.5, 0.6) is 17.2 Å². The van der Waals surface area contributed by atoms with Gasteiger partial charge in [0, 0.05) is 29.8 Å². The van der Waals surface area contributed by atoms with Crippen LogP contribution in [0.15, 0.2) is 48.5 Å². The number of nitrogens with one attached hydrogen (secondary N) is 1. The van der Waals surface area contributed by atoms with E-state index < -0.39 is 0 Å². The van der Waals surface area contributed by atoms with E-state index in [4.69, 9.17) is 14.2 Å². The van der Waals surface area contributed by atoms with Crippen LogP contribution in [-0.2, 0) is 11.3 Å². The van der Waals surface area contributed by atoms with Crippen LogP contribution in [-0.4, -0.2) is 27.2 Å². The van der Waals surface area contributed by atoms with E-state index in [1.54, 1.807) is 33.5 Å². The summed E-state index contributed by atoms with van der Waals surface area (Å²) in [5, 5.41) is 2.87. The Hall–Kier alpha value is -2.95. The first kappa shape index (κ1) is 18.4. The molecule has 0 radical (unpaired) electrons. The molecule has 0 unspecified atom stereocenters. The first-order chi connectivity index (χ1) is 12.1. The monoisotopic (exact) mass is 341 g/mol. The van der Waals surface area contributed by atoms with Crippen molar-refractivity contribution >= 4 is 11.5 Å². The van der Waals surface area contributed by atoms with Crippen molar-refractivity contribution in [2.24, 2.45) is 0 Å². The van der Waals surface area contributed by atoms with E-state index in [1.807, 2.05) is 43.3 Å². The van der Waals surface area contributed by atoms with Gasteiger partial charge in [0.15, 0.2) is 0 Å². The van der Waals surface area contributed by atoms with Crippen molar-refractivity contribution in [1.29, 1.82) is 0 Å². The number of hydrogen-bond donors (Lipinski definition) is 1. The van der Waals surface area contributed by atoms with Crippen LogP contribution in [0, 0.1) is 0 Å². The third-order valence-corrected chi connectivity index (χ3v) is 3.83. The first-order valence-electron chi connectivity index (χ1n) is 7.89. The number of allylic oxidation sites excluding steroid dienone is 1. The smallest absolute Gasteiger partial charge is 0.244 e. The highest BCUT2D eigenvalue weighted by Crippen LogP contribution is 2.29. The second-order valence-corrected chi connectivity index (χ2v) is 5.42. The summed E-state index contributed by atoms with van der Waals surface area (Å²) in [6.45, 7) is 2.26. The van der Waals surface area contributed by atoms with Gasteiger partial charge in [0.2, 0.25) is 5.91 Å². The normalized spacial score (nSPS) is 11.0. The maximum absolute atomic E-state index is 12.2. The fourth-order valence-electron chi connectivity index (χ4n) is 2.48. The van der Waals surface area contributed by atoms with E-state index in [0.717, 1.165) is 22.4 Å². The Morgan fingerprint density at radius 2 is 1.72 bits per heavy atom. The molecule has 0 atom stereocenters. The lowest BCUT2D eigenvalue weighted by Gasteiger charge is -2.11. The van der Waals surface area contributed by atoms with Crippen LogP contribution in [0.3, 0.4) is 0 Å². The van der Waals surface area contributed by atoms with Gasteiger partial charge < -0.3 is 19.5 Å². The molecule has 1 N–H and O–H groups in total. The van der Waals surface area contributed by atoms with Gasteiger partial charge in [-0.1, -0.05) is 18.2 Å². The second-order valence-electron chi connectivity index (χ2n) is 5.42. The van der Waals surface area contributed by atoms with Crippen LogP contribution >= 0.6 is 0 Å². The minimum absolute atomic E-state index is 0.179. The van der Waals surface area contributed by atoms with Crippen molar-refractivity contribution in [2.75, 3.05) is 21.3 Å². The molecule has 132 valence electrons. The summed E-state index contributed by atoms with van der Waals surface area (Å²) in [5.74, 6) is 1.93. The zero-order valence-electron chi connectivity index (χ0n) is 15.0. The molecule has 0 aliphatic rings. The van der Waals surface area contributed by atoms with Crippen molar-refractivity contribution in [3.63, 3.8) is 0 Å². The largest absolute Gasteiger partial charge is 0.497 e. The maximum Gasteiger partial charge on any atom is 0.244 e. The van der Waals surface area contributed by atoms with Crippen molar-refractivity contribution in [1.82, 2.24) is 5.32 Å². The zero-order valence-corrected chi connectivity index (χ0v) is 15.0. The van der Waals surface area contributed by atoms with Crippen LogP contribution < -0.4 is 19.5 Å². The van der Waals surface area contributed by atoms with Gasteiger partial charge in [-0.05, 0) is 30.7 Å². The molecule has 0 aliphatic heterocycles. The number of rotatable bonds is 7. The molecule has 0 aromatic heterocycles. The average molecular weight is 341 g/mol. The zero-order chi connectivity index (χ0) is 18.2. The molecule has 0 bridgehead atoms. The van der Waals surface area contributed by atoms with E-state index in [9.17, 15) is 4.79 Å². The number of amides is 1. The van der Waals surface area contributed by atoms with Crippen molar-refractivity contribution in [3.8, 4) is 17.2 Å². The quantitative estimate of drug-likeness (QED) is 0.784. The molecule has 0 spiro atoms. The third-order valence-electron chi connectivity index (χ3n) is 3.83. The van der Waals surface area contributed by atoms with Gasteiger partial charge in [-0.25, -0.2) is 0 Å². The van der Waals surface area contributed by atoms with Crippen LogP contribution in [0.25, 0.3) is 5.57 Å². The van der Waals surface area contributed by atoms with E-state index in [1.165, 1.54) is 0 Å². The summed E-state index contributed by atoms with van der Waals surface area (Å²) in [5.41, 5.74) is 2.57. The van der Waals surface area contributed by atoms with Gasteiger partial charge in [-0.15, -0.1) is 0 Å². The lowest BCUT2D eigenvalue weighted by atomic mass is 10.1. The molecule has 5 heteroatoms. The lowest BCUT2D eigenvalue weighted by molar-refractivity contribution is -0.116. The predicted octanol–water partition coefficient (Wildman–Crippen LogP) is 3.43. The van der Waals surface area contributed by atoms with Crippen LogP contribution in [0.2, 0.25) is 0 Å². The van der Waals surface area contributed by atoms with Gasteiger partial charge >= 0.3 is 0 Å². The van der Waals surface area contributed by atoms with E-state index in [2.05, 4.69) is 5.32 Å². The van der Waals surface area contributed by atoms with E-state index >= 15 is 0 Å². The molecular weight excluding hydrogens is 318 g/mol. The molecule has 25 heavy (non-hydrogen) atoms. The highest BCUT2D eigenvalue weighted by atomic mass is 16.5. The Morgan fingerprint density at radius 3 is 2.40 bits per heavy atom. The molecule has 0 saturated heterocycles. The van der Waals surface area contributed by atoms with Crippen molar-refractivity contribution in [2.45, 2.75) is 13.5 Å². The topological polar surface area (TPSA) is 56.8 Å². The SMILES string of the molecule is COc1ccc(/C(C)=C/C(=O)NCc2ccccc2OC)c(OC)c1. The fourth-order valence-corrected chi connectivity index (χ4v) is 2.48. The highest BCUT2D eigenvalue weighted by molar-refractivity contribution is 5.95. The lowest BCUT2D eigenvalue weighted by Crippen LogP contribution is -2.21. The van der Waals surface area contributed by atoms with Gasteiger partial charge in [0.1, 0.15) is 17.2 Å². The average Bonchev–Trinajstić information content (AvgIpc) is 2.65. The first-order valence-corrected chi connectivity index (χ1v) is 7.89. The van der Waals surface area contributed by atoms with Crippen molar-refractivity contribution in [3.05, 3.63) is 59.7 Å². The molecule has 0 aliphatic carbocycles. The molecule has 0 heterocycles. The number of para-hydroxylation sites is 1. The summed E-state index contributed by atoms with van der Waals surface area (Å²) in [4.78, 5) is 12.2. The standard InChI is InChI=1S/C20H23NO4/c1-14(17-10-9-16(23-2)12-19(17)25-4)11-20(22)21-13-15-7-5-6-8-18(15)24-3/h5-12H,13H2,1-4H3,(H,21,22)/b14-11+. The van der Waals surface area contributed by atoms with Gasteiger partial charge in [-0.2, -0.15) is 0 Å². The van der Waals surface area contributed by atoms with Gasteiger partial charge in [0.25, 0.3) is 0 Å². The summed E-state index contributed by atoms with van der Waals surface area (Å²) >= 11 is 0.